The molecule has 0 aromatic heterocycles. The molecule has 2 aromatic carbocycles. The fourth-order valence-corrected chi connectivity index (χ4v) is 2.15. The zero-order chi connectivity index (χ0) is 13.6. The second kappa shape index (κ2) is 6.44. The Morgan fingerprint density at radius 1 is 0.950 bits per heavy atom. The molecule has 0 aliphatic carbocycles. The van der Waals surface area contributed by atoms with Gasteiger partial charge >= 0.3 is 0 Å². The van der Waals surface area contributed by atoms with Crippen molar-refractivity contribution >= 4 is 0 Å². The summed E-state index contributed by atoms with van der Waals surface area (Å²) in [4.78, 5) is 0. The average Bonchev–Trinajstić information content (AvgIpc) is 3.01. The second-order valence-electron chi connectivity index (χ2n) is 4.81. The smallest absolute Gasteiger partial charge is 0.199 e. The summed E-state index contributed by atoms with van der Waals surface area (Å²) < 4.78 is 16.9. The summed E-state index contributed by atoms with van der Waals surface area (Å²) in [6.45, 7) is 1.37. The van der Waals surface area contributed by atoms with E-state index >= 15 is 0 Å². The molecule has 0 saturated carbocycles. The molecule has 3 heteroatoms. The predicted octanol–water partition coefficient (Wildman–Crippen LogP) is 3.78. The molecule has 1 fully saturated rings. The highest BCUT2D eigenvalue weighted by atomic mass is 16.7. The third kappa shape index (κ3) is 3.52. The Labute approximate surface area is 119 Å². The first-order valence-electron chi connectivity index (χ1n) is 6.95. The molecule has 0 spiro atoms. The SMILES string of the molecule is c1ccc(COc2ccc(OC3CCCO3)cc2)cc1. The van der Waals surface area contributed by atoms with Crippen molar-refractivity contribution in [2.75, 3.05) is 6.61 Å². The highest BCUT2D eigenvalue weighted by molar-refractivity contribution is 5.31. The third-order valence-corrected chi connectivity index (χ3v) is 3.23. The highest BCUT2D eigenvalue weighted by Crippen LogP contribution is 2.22. The van der Waals surface area contributed by atoms with E-state index in [2.05, 4.69) is 12.1 Å². The van der Waals surface area contributed by atoms with Crippen LogP contribution < -0.4 is 9.47 Å². The third-order valence-electron chi connectivity index (χ3n) is 3.23. The molecule has 20 heavy (non-hydrogen) atoms. The van der Waals surface area contributed by atoms with Gasteiger partial charge in [0.15, 0.2) is 6.29 Å². The Hall–Kier alpha value is -2.00. The molecule has 3 rings (SSSR count). The molecule has 0 amide bonds. The summed E-state index contributed by atoms with van der Waals surface area (Å²) in [5.74, 6) is 1.66. The van der Waals surface area contributed by atoms with Gasteiger partial charge in [0.05, 0.1) is 6.61 Å². The van der Waals surface area contributed by atoms with Crippen LogP contribution in [0.3, 0.4) is 0 Å². The lowest BCUT2D eigenvalue weighted by Gasteiger charge is -2.13. The summed E-state index contributed by atoms with van der Waals surface area (Å²) in [6.07, 6.45) is 1.95. The minimum atomic E-state index is -0.0916. The fraction of sp³-hybridized carbons (Fsp3) is 0.294. The van der Waals surface area contributed by atoms with Crippen LogP contribution in [0.2, 0.25) is 0 Å². The van der Waals surface area contributed by atoms with Gasteiger partial charge in [-0.1, -0.05) is 30.3 Å². The highest BCUT2D eigenvalue weighted by Gasteiger charge is 2.16. The summed E-state index contributed by atoms with van der Waals surface area (Å²) in [5.41, 5.74) is 1.16. The number of benzene rings is 2. The molecule has 1 atom stereocenters. The molecule has 1 aliphatic heterocycles. The van der Waals surface area contributed by atoms with E-state index in [9.17, 15) is 0 Å². The summed E-state index contributed by atoms with van der Waals surface area (Å²) >= 11 is 0. The van der Waals surface area contributed by atoms with Gasteiger partial charge in [-0.3, -0.25) is 0 Å². The van der Waals surface area contributed by atoms with Crippen LogP contribution in [0, 0.1) is 0 Å². The van der Waals surface area contributed by atoms with Crippen molar-refractivity contribution in [1.29, 1.82) is 0 Å². The average molecular weight is 270 g/mol. The Bertz CT molecular complexity index is 516. The van der Waals surface area contributed by atoms with Gasteiger partial charge in [-0.05, 0) is 36.2 Å². The molecule has 104 valence electrons. The molecular weight excluding hydrogens is 252 g/mol. The Kier molecular flexibility index (Phi) is 4.19. The van der Waals surface area contributed by atoms with Crippen LogP contribution in [0.25, 0.3) is 0 Å². The van der Waals surface area contributed by atoms with Crippen LogP contribution in [-0.2, 0) is 11.3 Å². The van der Waals surface area contributed by atoms with E-state index in [0.717, 1.165) is 36.5 Å². The molecule has 1 saturated heterocycles. The van der Waals surface area contributed by atoms with E-state index in [1.54, 1.807) is 0 Å². The Morgan fingerprint density at radius 3 is 2.40 bits per heavy atom. The molecule has 1 aliphatic rings. The second-order valence-corrected chi connectivity index (χ2v) is 4.81. The molecule has 0 radical (unpaired) electrons. The zero-order valence-electron chi connectivity index (χ0n) is 11.3. The van der Waals surface area contributed by atoms with E-state index in [4.69, 9.17) is 14.2 Å². The van der Waals surface area contributed by atoms with Crippen LogP contribution in [0.1, 0.15) is 18.4 Å². The topological polar surface area (TPSA) is 27.7 Å². The van der Waals surface area contributed by atoms with E-state index < -0.39 is 0 Å². The quantitative estimate of drug-likeness (QED) is 0.827. The molecule has 0 N–H and O–H groups in total. The lowest BCUT2D eigenvalue weighted by atomic mass is 10.2. The molecule has 0 bridgehead atoms. The van der Waals surface area contributed by atoms with Gasteiger partial charge in [0.1, 0.15) is 18.1 Å². The van der Waals surface area contributed by atoms with Gasteiger partial charge < -0.3 is 14.2 Å². The maximum absolute atomic E-state index is 5.73. The van der Waals surface area contributed by atoms with Gasteiger partial charge in [0, 0.05) is 6.42 Å². The van der Waals surface area contributed by atoms with Crippen molar-refractivity contribution in [3.63, 3.8) is 0 Å². The zero-order valence-corrected chi connectivity index (χ0v) is 11.3. The van der Waals surface area contributed by atoms with Crippen LogP contribution in [-0.4, -0.2) is 12.9 Å². The van der Waals surface area contributed by atoms with Crippen molar-refractivity contribution in [3.05, 3.63) is 60.2 Å². The minimum absolute atomic E-state index is 0.0916. The fourth-order valence-electron chi connectivity index (χ4n) is 2.15. The van der Waals surface area contributed by atoms with E-state index in [-0.39, 0.29) is 6.29 Å². The summed E-state index contributed by atoms with van der Waals surface area (Å²) in [7, 11) is 0. The van der Waals surface area contributed by atoms with E-state index in [1.165, 1.54) is 0 Å². The summed E-state index contributed by atoms with van der Waals surface area (Å²) in [5, 5.41) is 0. The maximum atomic E-state index is 5.73. The van der Waals surface area contributed by atoms with E-state index in [0.29, 0.717) is 6.61 Å². The number of ether oxygens (including phenoxy) is 3. The van der Waals surface area contributed by atoms with Crippen LogP contribution in [0.5, 0.6) is 11.5 Å². The first-order chi connectivity index (χ1) is 9.90. The van der Waals surface area contributed by atoms with Crippen molar-refractivity contribution in [3.8, 4) is 11.5 Å². The molecule has 1 heterocycles. The minimum Gasteiger partial charge on any atom is -0.489 e. The monoisotopic (exact) mass is 270 g/mol. The normalized spacial score (nSPS) is 17.9. The number of hydrogen-bond donors (Lipinski definition) is 0. The number of rotatable bonds is 5. The number of hydrogen-bond acceptors (Lipinski definition) is 3. The lowest BCUT2D eigenvalue weighted by Crippen LogP contribution is -2.13. The standard InChI is InChI=1S/C17H18O3/c1-2-5-14(6-3-1)13-19-15-8-10-16(11-9-15)20-17-7-4-12-18-17/h1-3,5-6,8-11,17H,4,7,12-13H2. The maximum Gasteiger partial charge on any atom is 0.199 e. The summed E-state index contributed by atoms with van der Waals surface area (Å²) in [6, 6.07) is 17.8. The van der Waals surface area contributed by atoms with Crippen LogP contribution in [0.15, 0.2) is 54.6 Å². The largest absolute Gasteiger partial charge is 0.489 e. The van der Waals surface area contributed by atoms with Gasteiger partial charge in [0.2, 0.25) is 0 Å². The molecular formula is C17H18O3. The Balaban J connectivity index is 1.53. The molecule has 1 unspecified atom stereocenters. The first-order valence-corrected chi connectivity index (χ1v) is 6.95. The van der Waals surface area contributed by atoms with Crippen molar-refractivity contribution in [1.82, 2.24) is 0 Å². The van der Waals surface area contributed by atoms with Crippen molar-refractivity contribution in [2.24, 2.45) is 0 Å². The Morgan fingerprint density at radius 2 is 1.70 bits per heavy atom. The van der Waals surface area contributed by atoms with E-state index in [1.807, 2.05) is 42.5 Å². The van der Waals surface area contributed by atoms with Crippen molar-refractivity contribution in [2.45, 2.75) is 25.7 Å². The molecule has 3 nitrogen and oxygen atoms in total. The van der Waals surface area contributed by atoms with Gasteiger partial charge in [-0.2, -0.15) is 0 Å². The predicted molar refractivity (Wildman–Crippen MR) is 76.8 cm³/mol. The first kappa shape index (κ1) is 13.0. The van der Waals surface area contributed by atoms with Crippen LogP contribution in [0.4, 0.5) is 0 Å². The van der Waals surface area contributed by atoms with Gasteiger partial charge in [-0.15, -0.1) is 0 Å². The lowest BCUT2D eigenvalue weighted by molar-refractivity contribution is -0.0390. The molecule has 2 aromatic rings. The van der Waals surface area contributed by atoms with Crippen LogP contribution >= 0.6 is 0 Å². The van der Waals surface area contributed by atoms with Gasteiger partial charge in [-0.25, -0.2) is 0 Å². The van der Waals surface area contributed by atoms with Crippen molar-refractivity contribution < 1.29 is 14.2 Å². The van der Waals surface area contributed by atoms with Gasteiger partial charge in [0.25, 0.3) is 0 Å².